The van der Waals surface area contributed by atoms with E-state index < -0.39 is 0 Å². The summed E-state index contributed by atoms with van der Waals surface area (Å²) < 4.78 is 2.67. The number of aryl methyl sites for hydroxylation is 1. The van der Waals surface area contributed by atoms with Gasteiger partial charge in [-0.2, -0.15) is 0 Å². The molecule has 0 aliphatic heterocycles. The average Bonchev–Trinajstić information content (AvgIpc) is 2.92. The maximum atomic E-state index is 12.5. The van der Waals surface area contributed by atoms with Gasteiger partial charge in [-0.25, -0.2) is 0 Å². The van der Waals surface area contributed by atoms with Gasteiger partial charge in [-0.15, -0.1) is 11.8 Å². The highest BCUT2D eigenvalue weighted by atomic mass is 32.2. The van der Waals surface area contributed by atoms with E-state index in [4.69, 9.17) is 0 Å². The molecule has 0 saturated carbocycles. The number of hydrogen-bond donors (Lipinski definition) is 1. The summed E-state index contributed by atoms with van der Waals surface area (Å²) in [6.07, 6.45) is 0. The Balaban J connectivity index is 1.74. The lowest BCUT2D eigenvalue weighted by molar-refractivity contribution is -0.115. The van der Waals surface area contributed by atoms with Crippen LogP contribution in [0.3, 0.4) is 0 Å². The topological polar surface area (TPSA) is 51.1 Å². The van der Waals surface area contributed by atoms with Crippen LogP contribution in [-0.4, -0.2) is 15.7 Å². The molecule has 3 rings (SSSR count). The lowest BCUT2D eigenvalue weighted by Crippen LogP contribution is -2.22. The van der Waals surface area contributed by atoms with E-state index in [1.54, 1.807) is 4.57 Å². The molecule has 1 aromatic heterocycles. The molecule has 2 aromatic carbocycles. The summed E-state index contributed by atoms with van der Waals surface area (Å²) in [5, 5.41) is 2.74. The third-order valence-corrected chi connectivity index (χ3v) is 6.13. The molecule has 0 radical (unpaired) electrons. The van der Waals surface area contributed by atoms with E-state index in [1.165, 1.54) is 28.7 Å². The van der Waals surface area contributed by atoms with E-state index in [1.807, 2.05) is 70.2 Å². The number of amides is 1. The Bertz CT molecular complexity index is 987. The van der Waals surface area contributed by atoms with Crippen LogP contribution in [0.25, 0.3) is 10.2 Å². The Hall–Kier alpha value is -2.05. The van der Waals surface area contributed by atoms with Crippen LogP contribution in [0.15, 0.2) is 52.2 Å². The normalized spacial score (nSPS) is 12.5. The number of thiazole rings is 1. The molecule has 136 valence electrons. The first-order chi connectivity index (χ1) is 12.3. The minimum absolute atomic E-state index is 0.0294. The van der Waals surface area contributed by atoms with Crippen molar-refractivity contribution in [2.75, 3.05) is 5.32 Å². The van der Waals surface area contributed by atoms with Gasteiger partial charge in [-0.3, -0.25) is 14.2 Å². The summed E-state index contributed by atoms with van der Waals surface area (Å²) >= 11 is 2.74. The van der Waals surface area contributed by atoms with Gasteiger partial charge in [0.05, 0.1) is 15.5 Å². The van der Waals surface area contributed by atoms with Gasteiger partial charge in [-0.05, 0) is 58.0 Å². The van der Waals surface area contributed by atoms with Gasteiger partial charge in [0.2, 0.25) is 5.91 Å². The predicted molar refractivity (Wildman–Crippen MR) is 112 cm³/mol. The summed E-state index contributed by atoms with van der Waals surface area (Å²) in [5.41, 5.74) is 2.83. The van der Waals surface area contributed by atoms with Crippen molar-refractivity contribution in [2.24, 2.45) is 0 Å². The fourth-order valence-corrected chi connectivity index (χ4v) is 4.64. The van der Waals surface area contributed by atoms with Crippen LogP contribution in [0, 0.1) is 6.92 Å². The van der Waals surface area contributed by atoms with Crippen LogP contribution >= 0.6 is 23.1 Å². The minimum atomic E-state index is -0.215. The van der Waals surface area contributed by atoms with Gasteiger partial charge >= 0.3 is 4.87 Å². The van der Waals surface area contributed by atoms with E-state index in [0.717, 1.165) is 20.8 Å². The van der Waals surface area contributed by atoms with Crippen LogP contribution in [-0.2, 0) is 4.79 Å². The quantitative estimate of drug-likeness (QED) is 0.623. The lowest BCUT2D eigenvalue weighted by Gasteiger charge is -2.13. The molecule has 0 aliphatic rings. The maximum absolute atomic E-state index is 12.5. The molecular weight excluding hydrogens is 364 g/mol. The maximum Gasteiger partial charge on any atom is 0.308 e. The molecule has 0 aliphatic carbocycles. The van der Waals surface area contributed by atoms with Gasteiger partial charge in [0.25, 0.3) is 0 Å². The molecule has 1 heterocycles. The number of rotatable bonds is 5. The van der Waals surface area contributed by atoms with Gasteiger partial charge in [0, 0.05) is 16.6 Å². The molecular formula is C20H22N2O2S2. The number of carbonyl (C=O) groups excluding carboxylic acids is 1. The summed E-state index contributed by atoms with van der Waals surface area (Å²) in [5.74, 6) is -0.0504. The third-order valence-electron chi connectivity index (χ3n) is 4.10. The molecule has 0 saturated heterocycles. The molecule has 0 bridgehead atoms. The zero-order chi connectivity index (χ0) is 18.8. The molecule has 1 unspecified atom stereocenters. The van der Waals surface area contributed by atoms with Gasteiger partial charge in [-0.1, -0.05) is 29.0 Å². The zero-order valence-corrected chi connectivity index (χ0v) is 16.9. The van der Waals surface area contributed by atoms with E-state index >= 15 is 0 Å². The molecule has 1 atom stereocenters. The fourth-order valence-electron chi connectivity index (χ4n) is 2.72. The molecule has 26 heavy (non-hydrogen) atoms. The zero-order valence-electron chi connectivity index (χ0n) is 15.3. The summed E-state index contributed by atoms with van der Waals surface area (Å²) in [4.78, 5) is 25.7. The Morgan fingerprint density at radius 1 is 1.12 bits per heavy atom. The Morgan fingerprint density at radius 2 is 1.81 bits per heavy atom. The van der Waals surface area contributed by atoms with Gasteiger partial charge < -0.3 is 5.32 Å². The Kier molecular flexibility index (Phi) is 5.53. The van der Waals surface area contributed by atoms with Crippen LogP contribution in [0.2, 0.25) is 0 Å². The standard InChI is InChI=1S/C20H22N2O2S2/c1-12(2)22-17-10-7-15(11-18(17)26-20(22)24)21-19(23)14(4)25-16-8-5-13(3)6-9-16/h5-12,14H,1-4H3,(H,21,23). The molecule has 4 nitrogen and oxygen atoms in total. The number of benzene rings is 2. The number of hydrogen-bond acceptors (Lipinski definition) is 4. The Morgan fingerprint density at radius 3 is 2.46 bits per heavy atom. The summed E-state index contributed by atoms with van der Waals surface area (Å²) in [6, 6.07) is 13.9. The summed E-state index contributed by atoms with van der Waals surface area (Å²) in [6.45, 7) is 7.92. The smallest absolute Gasteiger partial charge is 0.308 e. The second-order valence-corrected chi connectivity index (χ2v) is 8.98. The number of aromatic nitrogens is 1. The average molecular weight is 387 g/mol. The van der Waals surface area contributed by atoms with Crippen molar-refractivity contribution in [3.05, 3.63) is 57.7 Å². The van der Waals surface area contributed by atoms with E-state index in [-0.39, 0.29) is 22.1 Å². The number of fused-ring (bicyclic) bond motifs is 1. The monoisotopic (exact) mass is 386 g/mol. The molecule has 0 fully saturated rings. The number of thioether (sulfide) groups is 1. The highest BCUT2D eigenvalue weighted by Crippen LogP contribution is 2.27. The molecule has 3 aromatic rings. The first-order valence-electron chi connectivity index (χ1n) is 8.54. The highest BCUT2D eigenvalue weighted by Gasteiger charge is 2.16. The van der Waals surface area contributed by atoms with Crippen molar-refractivity contribution in [1.82, 2.24) is 4.57 Å². The van der Waals surface area contributed by atoms with Crippen molar-refractivity contribution in [2.45, 2.75) is 43.9 Å². The number of nitrogens with zero attached hydrogens (tertiary/aromatic N) is 1. The number of carbonyl (C=O) groups is 1. The predicted octanol–water partition coefficient (Wildman–Crippen LogP) is 5.07. The van der Waals surface area contributed by atoms with E-state index in [2.05, 4.69) is 5.32 Å². The Labute approximate surface area is 161 Å². The largest absolute Gasteiger partial charge is 0.325 e. The first-order valence-corrected chi connectivity index (χ1v) is 10.2. The first kappa shape index (κ1) is 18.7. The van der Waals surface area contributed by atoms with Crippen molar-refractivity contribution >= 4 is 44.9 Å². The van der Waals surface area contributed by atoms with Crippen LogP contribution < -0.4 is 10.2 Å². The fraction of sp³-hybridized carbons (Fsp3) is 0.300. The van der Waals surface area contributed by atoms with Gasteiger partial charge in [0.15, 0.2) is 0 Å². The van der Waals surface area contributed by atoms with Crippen LogP contribution in [0.5, 0.6) is 0 Å². The second-order valence-electron chi connectivity index (χ2n) is 6.58. The molecule has 1 amide bonds. The number of anilines is 1. The lowest BCUT2D eigenvalue weighted by atomic mass is 10.2. The van der Waals surface area contributed by atoms with Crippen LogP contribution in [0.4, 0.5) is 5.69 Å². The molecule has 0 spiro atoms. The number of nitrogens with one attached hydrogen (secondary N) is 1. The van der Waals surface area contributed by atoms with Crippen molar-refractivity contribution in [3.8, 4) is 0 Å². The minimum Gasteiger partial charge on any atom is -0.325 e. The van der Waals surface area contributed by atoms with E-state index in [9.17, 15) is 9.59 Å². The van der Waals surface area contributed by atoms with Crippen LogP contribution in [0.1, 0.15) is 32.4 Å². The SMILES string of the molecule is Cc1ccc(SC(C)C(=O)Nc2ccc3c(c2)sc(=O)n3C(C)C)cc1. The van der Waals surface area contributed by atoms with Crippen molar-refractivity contribution in [3.63, 3.8) is 0 Å². The van der Waals surface area contributed by atoms with E-state index in [0.29, 0.717) is 0 Å². The van der Waals surface area contributed by atoms with Crippen molar-refractivity contribution in [1.29, 1.82) is 0 Å². The highest BCUT2D eigenvalue weighted by molar-refractivity contribution is 8.00. The second kappa shape index (κ2) is 7.68. The van der Waals surface area contributed by atoms with Gasteiger partial charge in [0.1, 0.15) is 0 Å². The third kappa shape index (κ3) is 4.02. The molecule has 1 N–H and O–H groups in total. The summed E-state index contributed by atoms with van der Waals surface area (Å²) in [7, 11) is 0. The molecule has 6 heteroatoms. The van der Waals surface area contributed by atoms with Crippen molar-refractivity contribution < 1.29 is 4.79 Å².